The molecule has 1 rings (SSSR count). The van der Waals surface area contributed by atoms with Gasteiger partial charge in [-0.2, -0.15) is 0 Å². The second-order valence-electron chi connectivity index (χ2n) is 6.03. The normalized spacial score (nSPS) is 13.5. The van der Waals surface area contributed by atoms with Crippen LogP contribution in [0.4, 0.5) is 4.79 Å². The Bertz CT molecular complexity index is 679. The number of ether oxygens (including phenoxy) is 1. The van der Waals surface area contributed by atoms with E-state index >= 15 is 0 Å². The second-order valence-corrected chi connectivity index (χ2v) is 7.81. The van der Waals surface area contributed by atoms with Crippen LogP contribution in [0.5, 0.6) is 0 Å². The van der Waals surface area contributed by atoms with Crippen molar-refractivity contribution < 1.29 is 22.7 Å². The van der Waals surface area contributed by atoms with Gasteiger partial charge in [0.2, 0.25) is 15.9 Å². The molecule has 0 spiro atoms. The zero-order valence-corrected chi connectivity index (χ0v) is 16.1. The average Bonchev–Trinajstić information content (AvgIpc) is 2.60. The predicted molar refractivity (Wildman–Crippen MR) is 98.9 cm³/mol. The fourth-order valence-electron chi connectivity index (χ4n) is 2.13. The molecule has 0 bridgehead atoms. The predicted octanol–water partition coefficient (Wildman–Crippen LogP) is 0.993. The lowest BCUT2D eigenvalue weighted by Gasteiger charge is -2.22. The van der Waals surface area contributed by atoms with Crippen LogP contribution in [0.15, 0.2) is 30.3 Å². The summed E-state index contributed by atoms with van der Waals surface area (Å²) in [5, 5.41) is 5.14. The first-order chi connectivity index (χ1) is 12.2. The number of alkyl carbamates (subject to hydrolysis) is 1. The highest BCUT2D eigenvalue weighted by Gasteiger charge is 2.26. The molecular formula is C17H27N3O5S. The molecule has 0 aliphatic heterocycles. The van der Waals surface area contributed by atoms with E-state index in [2.05, 4.69) is 15.4 Å². The van der Waals surface area contributed by atoms with Gasteiger partial charge in [0.15, 0.2) is 0 Å². The van der Waals surface area contributed by atoms with E-state index in [1.807, 2.05) is 37.3 Å². The van der Waals surface area contributed by atoms with Crippen LogP contribution in [0.1, 0.15) is 25.8 Å². The maximum absolute atomic E-state index is 12.2. The summed E-state index contributed by atoms with van der Waals surface area (Å²) >= 11 is 0. The van der Waals surface area contributed by atoms with Crippen molar-refractivity contribution in [2.24, 2.45) is 5.92 Å². The molecular weight excluding hydrogens is 358 g/mol. The minimum Gasteiger partial charge on any atom is -0.445 e. The van der Waals surface area contributed by atoms with Crippen LogP contribution in [0.3, 0.4) is 0 Å². The van der Waals surface area contributed by atoms with Crippen LogP contribution >= 0.6 is 0 Å². The lowest BCUT2D eigenvalue weighted by Crippen LogP contribution is -2.51. The Balaban J connectivity index is 2.33. The molecule has 8 nitrogen and oxygen atoms in total. The third-order valence-corrected chi connectivity index (χ3v) is 4.42. The van der Waals surface area contributed by atoms with Crippen LogP contribution in [0, 0.1) is 5.92 Å². The number of sulfonamides is 1. The summed E-state index contributed by atoms with van der Waals surface area (Å²) in [6, 6.07) is 8.42. The summed E-state index contributed by atoms with van der Waals surface area (Å²) in [5.74, 6) is -0.585. The van der Waals surface area contributed by atoms with Crippen LogP contribution in [-0.4, -0.2) is 45.8 Å². The Morgan fingerprint density at radius 2 is 1.73 bits per heavy atom. The Hall–Kier alpha value is -2.13. The maximum atomic E-state index is 12.2. The molecule has 1 aromatic rings. The Morgan fingerprint density at radius 1 is 1.12 bits per heavy atom. The molecule has 9 heteroatoms. The van der Waals surface area contributed by atoms with Gasteiger partial charge in [0.25, 0.3) is 0 Å². The largest absolute Gasteiger partial charge is 0.445 e. The van der Waals surface area contributed by atoms with Gasteiger partial charge in [0.05, 0.1) is 6.26 Å². The molecule has 0 aromatic heterocycles. The van der Waals surface area contributed by atoms with Crippen molar-refractivity contribution in [1.29, 1.82) is 0 Å². The Kier molecular flexibility index (Phi) is 9.08. The van der Waals surface area contributed by atoms with Gasteiger partial charge in [0, 0.05) is 13.1 Å². The van der Waals surface area contributed by atoms with Gasteiger partial charge in [0.1, 0.15) is 12.6 Å². The minimum atomic E-state index is -3.50. The third kappa shape index (κ3) is 8.82. The summed E-state index contributed by atoms with van der Waals surface area (Å²) < 4.78 is 30.2. The molecule has 26 heavy (non-hydrogen) atoms. The van der Waals surface area contributed by atoms with Crippen molar-refractivity contribution in [2.75, 3.05) is 19.3 Å². The fourth-order valence-corrected chi connectivity index (χ4v) is 2.93. The van der Waals surface area contributed by atoms with Crippen LogP contribution < -0.4 is 15.4 Å². The molecule has 2 amide bonds. The van der Waals surface area contributed by atoms with Gasteiger partial charge < -0.3 is 15.4 Å². The van der Waals surface area contributed by atoms with Gasteiger partial charge in [-0.3, -0.25) is 4.79 Å². The zero-order valence-electron chi connectivity index (χ0n) is 15.3. The summed E-state index contributed by atoms with van der Waals surface area (Å²) in [7, 11) is -3.50. The highest BCUT2D eigenvalue weighted by atomic mass is 32.2. The van der Waals surface area contributed by atoms with E-state index < -0.39 is 28.1 Å². The van der Waals surface area contributed by atoms with Gasteiger partial charge in [-0.25, -0.2) is 17.9 Å². The van der Waals surface area contributed by atoms with E-state index in [0.29, 0.717) is 6.42 Å². The van der Waals surface area contributed by atoms with Crippen molar-refractivity contribution in [1.82, 2.24) is 15.4 Å². The van der Waals surface area contributed by atoms with Crippen molar-refractivity contribution in [3.8, 4) is 0 Å². The number of benzene rings is 1. The first-order valence-corrected chi connectivity index (χ1v) is 10.3. The zero-order chi connectivity index (χ0) is 19.6. The molecule has 1 aromatic carbocycles. The Morgan fingerprint density at radius 3 is 2.31 bits per heavy atom. The summed E-state index contributed by atoms with van der Waals surface area (Å²) in [6.07, 6.45) is 1.07. The molecule has 0 fully saturated rings. The summed E-state index contributed by atoms with van der Waals surface area (Å²) in [5.41, 5.74) is 0.874. The molecule has 146 valence electrons. The topological polar surface area (TPSA) is 114 Å². The average molecular weight is 385 g/mol. The number of rotatable bonds is 10. The highest BCUT2D eigenvalue weighted by molar-refractivity contribution is 7.88. The first-order valence-electron chi connectivity index (χ1n) is 8.42. The molecule has 0 saturated carbocycles. The monoisotopic (exact) mass is 385 g/mol. The standard InChI is InChI=1S/C17H27N3O5S/c1-4-13(2)15(20-26(3,23)24)16(21)18-10-11-19-17(22)25-12-14-8-6-5-7-9-14/h5-9,13,15,20H,4,10-12H2,1-3H3,(H,18,21)(H,19,22)/t13-,15-/m0/s1. The van der Waals surface area contributed by atoms with Crippen molar-refractivity contribution in [3.05, 3.63) is 35.9 Å². The molecule has 0 unspecified atom stereocenters. The van der Waals surface area contributed by atoms with E-state index in [0.717, 1.165) is 11.8 Å². The number of hydrogen-bond acceptors (Lipinski definition) is 5. The second kappa shape index (κ2) is 10.8. The highest BCUT2D eigenvalue weighted by Crippen LogP contribution is 2.08. The lowest BCUT2D eigenvalue weighted by atomic mass is 9.99. The number of carbonyl (C=O) groups is 2. The number of carbonyl (C=O) groups excluding carboxylic acids is 2. The van der Waals surface area contributed by atoms with E-state index in [-0.39, 0.29) is 25.6 Å². The third-order valence-electron chi connectivity index (χ3n) is 3.74. The van der Waals surface area contributed by atoms with E-state index in [1.54, 1.807) is 6.92 Å². The van der Waals surface area contributed by atoms with Gasteiger partial charge in [-0.15, -0.1) is 0 Å². The number of amides is 2. The smallest absolute Gasteiger partial charge is 0.407 e. The van der Waals surface area contributed by atoms with Crippen molar-refractivity contribution in [2.45, 2.75) is 32.9 Å². The van der Waals surface area contributed by atoms with Crippen LogP contribution in [0.2, 0.25) is 0 Å². The molecule has 2 atom stereocenters. The molecule has 0 aliphatic carbocycles. The van der Waals surface area contributed by atoms with Crippen LogP contribution in [0.25, 0.3) is 0 Å². The molecule has 0 heterocycles. The number of hydrogen-bond donors (Lipinski definition) is 3. The quantitative estimate of drug-likeness (QED) is 0.520. The first kappa shape index (κ1) is 21.9. The van der Waals surface area contributed by atoms with Gasteiger partial charge in [-0.05, 0) is 11.5 Å². The van der Waals surface area contributed by atoms with E-state index in [4.69, 9.17) is 4.74 Å². The van der Waals surface area contributed by atoms with Crippen molar-refractivity contribution in [3.63, 3.8) is 0 Å². The maximum Gasteiger partial charge on any atom is 0.407 e. The fraction of sp³-hybridized carbons (Fsp3) is 0.529. The summed E-state index contributed by atoms with van der Waals surface area (Å²) in [6.45, 7) is 4.16. The molecule has 0 radical (unpaired) electrons. The van der Waals surface area contributed by atoms with Crippen LogP contribution in [-0.2, 0) is 26.2 Å². The summed E-state index contributed by atoms with van der Waals surface area (Å²) in [4.78, 5) is 23.8. The molecule has 0 aliphatic rings. The Labute approximate surface area is 154 Å². The van der Waals surface area contributed by atoms with Gasteiger partial charge in [-0.1, -0.05) is 50.6 Å². The van der Waals surface area contributed by atoms with E-state index in [9.17, 15) is 18.0 Å². The van der Waals surface area contributed by atoms with Gasteiger partial charge >= 0.3 is 6.09 Å². The number of nitrogens with one attached hydrogen (secondary N) is 3. The molecule has 3 N–H and O–H groups in total. The van der Waals surface area contributed by atoms with Crippen molar-refractivity contribution >= 4 is 22.0 Å². The minimum absolute atomic E-state index is 0.159. The van der Waals surface area contributed by atoms with E-state index in [1.165, 1.54) is 0 Å². The lowest BCUT2D eigenvalue weighted by molar-refractivity contribution is -0.123. The SMILES string of the molecule is CC[C@H](C)[C@H](NS(C)(=O)=O)C(=O)NCCNC(=O)OCc1ccccc1. The molecule has 0 saturated heterocycles.